The molecule has 0 amide bonds. The van der Waals surface area contributed by atoms with Crippen molar-refractivity contribution in [3.63, 3.8) is 0 Å². The number of hydrogen-bond donors (Lipinski definition) is 2. The van der Waals surface area contributed by atoms with Crippen molar-refractivity contribution in [1.82, 2.24) is 0 Å². The van der Waals surface area contributed by atoms with Crippen LogP contribution in [0.25, 0.3) is 5.76 Å². The summed E-state index contributed by atoms with van der Waals surface area (Å²) < 4.78 is 73.0. The lowest BCUT2D eigenvalue weighted by molar-refractivity contribution is -0.137. The average molecular weight is 429 g/mol. The summed E-state index contributed by atoms with van der Waals surface area (Å²) in [6.07, 6.45) is 0.638. The van der Waals surface area contributed by atoms with Crippen molar-refractivity contribution in [2.24, 2.45) is 4.99 Å². The molecule has 1 atom stereocenters. The molecule has 0 unspecified atom stereocenters. The molecule has 160 valence electrons. The molecule has 2 rings (SSSR count). The molecule has 2 aromatic carbocycles. The Kier molecular flexibility index (Phi) is 7.65. The maximum atomic E-state index is 14.0. The fraction of sp³-hybridized carbons (Fsp3) is 0.200. The number of aliphatic imine (C=N–C) groups is 1. The Morgan fingerprint density at radius 3 is 2.07 bits per heavy atom. The molecule has 0 saturated heterocycles. The molecule has 0 aliphatic heterocycles. The average Bonchev–Trinajstić information content (AvgIpc) is 2.74. The van der Waals surface area contributed by atoms with Gasteiger partial charge < -0.3 is 14.9 Å². The van der Waals surface area contributed by atoms with E-state index in [1.807, 2.05) is 0 Å². The number of aliphatic hydroxyl groups is 2. The van der Waals surface area contributed by atoms with Crippen LogP contribution in [0.4, 0.5) is 22.0 Å². The van der Waals surface area contributed by atoms with Gasteiger partial charge in [-0.2, -0.15) is 0 Å². The molecule has 0 radical (unpaired) electrons. The number of carbonyl (C=O) groups is 1. The summed E-state index contributed by atoms with van der Waals surface area (Å²) in [6, 6.07) is 7.22. The first kappa shape index (κ1) is 23.0. The normalized spacial score (nSPS) is 13.3. The Balaban J connectivity index is 2.65. The number of carbonyl (C=O) groups excluding carboxylic acids is 1. The first-order chi connectivity index (χ1) is 14.2. The third-order valence-electron chi connectivity index (χ3n) is 3.94. The molecule has 0 aromatic heterocycles. The van der Waals surface area contributed by atoms with Crippen LogP contribution in [0.2, 0.25) is 0 Å². The highest BCUT2D eigenvalue weighted by Gasteiger charge is 2.30. The maximum Gasteiger partial charge on any atom is 0.343 e. The van der Waals surface area contributed by atoms with E-state index in [9.17, 15) is 37.0 Å². The van der Waals surface area contributed by atoms with E-state index in [0.29, 0.717) is 11.8 Å². The van der Waals surface area contributed by atoms with Crippen molar-refractivity contribution in [1.29, 1.82) is 0 Å². The molecule has 0 aliphatic carbocycles. The Morgan fingerprint density at radius 2 is 1.57 bits per heavy atom. The molecule has 0 aliphatic rings. The number of rotatable bonds is 7. The summed E-state index contributed by atoms with van der Waals surface area (Å²) in [4.78, 5) is 16.0. The molecule has 10 heteroatoms. The van der Waals surface area contributed by atoms with Gasteiger partial charge in [-0.3, -0.25) is 4.99 Å². The van der Waals surface area contributed by atoms with Gasteiger partial charge in [0.05, 0.1) is 24.8 Å². The minimum Gasteiger partial charge on any atom is -0.506 e. The first-order valence-electron chi connectivity index (χ1n) is 8.55. The molecule has 2 aromatic rings. The lowest BCUT2D eigenvalue weighted by atomic mass is 10.1. The SMILES string of the molecule is CCOC(=O)C(C=N[C@@H](CO)c1ccccc1)=C(O)c1c(F)c(F)c(F)c(F)c1F. The first-order valence-corrected chi connectivity index (χ1v) is 8.55. The van der Waals surface area contributed by atoms with E-state index in [2.05, 4.69) is 9.73 Å². The molecular weight excluding hydrogens is 413 g/mol. The van der Waals surface area contributed by atoms with Crippen LogP contribution in [0.1, 0.15) is 24.1 Å². The standard InChI is InChI=1S/C20H16F5NO4/c1-2-30-20(29)11(8-26-12(9-27)10-6-4-3-5-7-10)19(28)13-14(21)16(23)18(25)17(24)15(13)22/h3-8,12,27-28H,2,9H2,1H3/t12-/m0/s1. The van der Waals surface area contributed by atoms with Crippen LogP contribution in [0.15, 0.2) is 40.9 Å². The van der Waals surface area contributed by atoms with Gasteiger partial charge in [0, 0.05) is 6.21 Å². The van der Waals surface area contributed by atoms with Crippen molar-refractivity contribution < 1.29 is 41.7 Å². The lowest BCUT2D eigenvalue weighted by Crippen LogP contribution is -2.15. The van der Waals surface area contributed by atoms with Crippen molar-refractivity contribution in [3.05, 3.63) is 76.1 Å². The zero-order valence-corrected chi connectivity index (χ0v) is 15.5. The third kappa shape index (κ3) is 4.65. The molecule has 0 heterocycles. The highest BCUT2D eigenvalue weighted by atomic mass is 19.2. The number of benzene rings is 2. The van der Waals surface area contributed by atoms with Crippen LogP contribution in [0, 0.1) is 29.1 Å². The van der Waals surface area contributed by atoms with E-state index in [1.165, 1.54) is 6.92 Å². The van der Waals surface area contributed by atoms with Gasteiger partial charge in [0.25, 0.3) is 0 Å². The third-order valence-corrected chi connectivity index (χ3v) is 3.94. The van der Waals surface area contributed by atoms with E-state index in [4.69, 9.17) is 0 Å². The number of ether oxygens (including phenoxy) is 1. The fourth-order valence-electron chi connectivity index (χ4n) is 2.45. The number of hydrogen-bond acceptors (Lipinski definition) is 5. The highest BCUT2D eigenvalue weighted by molar-refractivity contribution is 6.15. The smallest absolute Gasteiger partial charge is 0.343 e. The van der Waals surface area contributed by atoms with Crippen LogP contribution in [-0.2, 0) is 9.53 Å². The van der Waals surface area contributed by atoms with E-state index >= 15 is 0 Å². The van der Waals surface area contributed by atoms with Crippen LogP contribution in [-0.4, -0.2) is 35.6 Å². The Morgan fingerprint density at radius 1 is 1.03 bits per heavy atom. The molecule has 0 fully saturated rings. The summed E-state index contributed by atoms with van der Waals surface area (Å²) in [6.45, 7) is 0.630. The van der Waals surface area contributed by atoms with E-state index in [-0.39, 0.29) is 6.61 Å². The summed E-state index contributed by atoms with van der Waals surface area (Å²) in [5.74, 6) is -14.6. The molecule has 0 saturated carbocycles. The van der Waals surface area contributed by atoms with Gasteiger partial charge in [0.15, 0.2) is 23.3 Å². The number of nitrogens with zero attached hydrogens (tertiary/aromatic N) is 1. The monoisotopic (exact) mass is 429 g/mol. The highest BCUT2D eigenvalue weighted by Crippen LogP contribution is 2.29. The minimum absolute atomic E-state index is 0.220. The summed E-state index contributed by atoms with van der Waals surface area (Å²) in [5, 5.41) is 19.7. The van der Waals surface area contributed by atoms with E-state index in [0.717, 1.165) is 0 Å². The molecule has 5 nitrogen and oxygen atoms in total. The maximum absolute atomic E-state index is 14.0. The Bertz CT molecular complexity index is 963. The van der Waals surface area contributed by atoms with Crippen LogP contribution < -0.4 is 0 Å². The van der Waals surface area contributed by atoms with Gasteiger partial charge in [0.1, 0.15) is 11.3 Å². The van der Waals surface area contributed by atoms with Crippen molar-refractivity contribution in [2.45, 2.75) is 13.0 Å². The summed E-state index contributed by atoms with van der Waals surface area (Å²) in [5.41, 5.74) is -2.18. The predicted molar refractivity (Wildman–Crippen MR) is 97.2 cm³/mol. The van der Waals surface area contributed by atoms with Gasteiger partial charge in [-0.1, -0.05) is 30.3 Å². The van der Waals surface area contributed by atoms with Gasteiger partial charge >= 0.3 is 5.97 Å². The van der Waals surface area contributed by atoms with Crippen molar-refractivity contribution >= 4 is 17.9 Å². The van der Waals surface area contributed by atoms with E-state index in [1.54, 1.807) is 30.3 Å². The van der Waals surface area contributed by atoms with Gasteiger partial charge in [-0.15, -0.1) is 0 Å². The Labute approximate surface area is 167 Å². The summed E-state index contributed by atoms with van der Waals surface area (Å²) >= 11 is 0. The van der Waals surface area contributed by atoms with Crippen molar-refractivity contribution in [2.75, 3.05) is 13.2 Å². The van der Waals surface area contributed by atoms with E-state index < -0.39 is 64.6 Å². The molecule has 0 spiro atoms. The largest absolute Gasteiger partial charge is 0.506 e. The predicted octanol–water partition coefficient (Wildman–Crippen LogP) is 4.02. The second kappa shape index (κ2) is 9.97. The summed E-state index contributed by atoms with van der Waals surface area (Å²) in [7, 11) is 0. The van der Waals surface area contributed by atoms with Crippen molar-refractivity contribution in [3.8, 4) is 0 Å². The Hall–Kier alpha value is -3.27. The lowest BCUT2D eigenvalue weighted by Gasteiger charge is -2.12. The zero-order valence-electron chi connectivity index (χ0n) is 15.5. The van der Waals surface area contributed by atoms with Gasteiger partial charge in [-0.25, -0.2) is 26.7 Å². The van der Waals surface area contributed by atoms with Gasteiger partial charge in [0.2, 0.25) is 5.82 Å². The number of esters is 1. The number of aliphatic hydroxyl groups excluding tert-OH is 2. The minimum atomic E-state index is -2.42. The van der Waals surface area contributed by atoms with Crippen LogP contribution in [0.5, 0.6) is 0 Å². The quantitative estimate of drug-likeness (QED) is 0.133. The second-order valence-electron chi connectivity index (χ2n) is 5.81. The second-order valence-corrected chi connectivity index (χ2v) is 5.81. The molecule has 2 N–H and O–H groups in total. The van der Waals surface area contributed by atoms with Crippen LogP contribution >= 0.6 is 0 Å². The fourth-order valence-corrected chi connectivity index (χ4v) is 2.45. The topological polar surface area (TPSA) is 79.1 Å². The molecule has 30 heavy (non-hydrogen) atoms. The molecular formula is C20H16F5NO4. The zero-order chi connectivity index (χ0) is 22.4. The van der Waals surface area contributed by atoms with Gasteiger partial charge in [-0.05, 0) is 12.5 Å². The number of halogens is 5. The molecule has 0 bridgehead atoms. The van der Waals surface area contributed by atoms with Crippen LogP contribution in [0.3, 0.4) is 0 Å².